The van der Waals surface area contributed by atoms with Gasteiger partial charge in [-0.3, -0.25) is 4.79 Å². The minimum atomic E-state index is -0.627. The van der Waals surface area contributed by atoms with Gasteiger partial charge in [0, 0.05) is 17.2 Å². The molecule has 0 saturated heterocycles. The van der Waals surface area contributed by atoms with Crippen LogP contribution in [0.15, 0.2) is 40.9 Å². The molecule has 1 amide bonds. The molecule has 0 unspecified atom stereocenters. The quantitative estimate of drug-likeness (QED) is 0.751. The lowest BCUT2D eigenvalue weighted by Crippen LogP contribution is -2.14. The molecule has 0 saturated carbocycles. The molecule has 2 aromatic rings. The number of nitrogens with two attached hydrogens (primary N) is 1. The number of amides is 1. The maximum absolute atomic E-state index is 13.9. The van der Waals surface area contributed by atoms with Crippen molar-refractivity contribution in [1.29, 1.82) is 0 Å². The summed E-state index contributed by atoms with van der Waals surface area (Å²) in [5, 5.41) is 5.37. The molecule has 0 bridgehead atoms. The second-order valence-corrected chi connectivity index (χ2v) is 5.05. The second-order valence-electron chi connectivity index (χ2n) is 4.13. The maximum Gasteiger partial charge on any atom is 0.258 e. The Labute approximate surface area is 124 Å². The summed E-state index contributed by atoms with van der Waals surface area (Å²) in [5.74, 6) is -1.17. The van der Waals surface area contributed by atoms with Gasteiger partial charge in [-0.25, -0.2) is 4.39 Å². The Morgan fingerprint density at radius 1 is 1.25 bits per heavy atom. The fraction of sp³-hybridized carbons (Fsp3) is 0.0714. The summed E-state index contributed by atoms with van der Waals surface area (Å²) in [4.78, 5) is 12.0. The average molecular weight is 338 g/mol. The first-order chi connectivity index (χ1) is 9.51. The van der Waals surface area contributed by atoms with Gasteiger partial charge in [0.05, 0.1) is 16.9 Å². The topological polar surface area (TPSA) is 67.2 Å². The molecule has 0 radical (unpaired) electrons. The first kappa shape index (κ1) is 14.3. The van der Waals surface area contributed by atoms with E-state index in [2.05, 4.69) is 26.6 Å². The summed E-state index contributed by atoms with van der Waals surface area (Å²) in [6, 6.07) is 9.51. The van der Waals surface area contributed by atoms with Gasteiger partial charge in [-0.15, -0.1) is 0 Å². The SMILES string of the molecule is CNc1cc(F)c(C(=O)Nc2ccc(Br)cc2)cc1N. The molecule has 20 heavy (non-hydrogen) atoms. The van der Waals surface area contributed by atoms with Gasteiger partial charge in [-0.2, -0.15) is 0 Å². The van der Waals surface area contributed by atoms with Crippen LogP contribution < -0.4 is 16.4 Å². The number of nitrogens with one attached hydrogen (secondary N) is 2. The van der Waals surface area contributed by atoms with Crippen LogP contribution in [0.5, 0.6) is 0 Å². The zero-order valence-corrected chi connectivity index (χ0v) is 12.3. The summed E-state index contributed by atoms with van der Waals surface area (Å²) >= 11 is 3.30. The summed E-state index contributed by atoms with van der Waals surface area (Å²) < 4.78 is 14.8. The number of hydrogen-bond acceptors (Lipinski definition) is 3. The molecule has 4 N–H and O–H groups in total. The molecule has 0 aliphatic rings. The smallest absolute Gasteiger partial charge is 0.258 e. The Morgan fingerprint density at radius 3 is 2.50 bits per heavy atom. The number of anilines is 3. The van der Waals surface area contributed by atoms with Gasteiger partial charge < -0.3 is 16.4 Å². The van der Waals surface area contributed by atoms with E-state index in [1.807, 2.05) is 0 Å². The lowest BCUT2D eigenvalue weighted by atomic mass is 10.1. The van der Waals surface area contributed by atoms with Gasteiger partial charge in [-0.1, -0.05) is 15.9 Å². The second kappa shape index (κ2) is 5.92. The van der Waals surface area contributed by atoms with Gasteiger partial charge in [0.1, 0.15) is 5.82 Å². The van der Waals surface area contributed by atoms with Crippen LogP contribution in [0.3, 0.4) is 0 Å². The molecule has 2 aromatic carbocycles. The van der Waals surface area contributed by atoms with Crippen LogP contribution in [-0.2, 0) is 0 Å². The molecule has 0 aliphatic heterocycles. The molecule has 0 atom stereocenters. The predicted octanol–water partition coefficient (Wildman–Crippen LogP) is 3.46. The van der Waals surface area contributed by atoms with Crippen molar-refractivity contribution < 1.29 is 9.18 Å². The number of benzene rings is 2. The predicted molar refractivity (Wildman–Crippen MR) is 82.5 cm³/mol. The molecule has 104 valence electrons. The average Bonchev–Trinajstić information content (AvgIpc) is 2.43. The highest BCUT2D eigenvalue weighted by atomic mass is 79.9. The van der Waals surface area contributed by atoms with Crippen molar-refractivity contribution in [2.24, 2.45) is 0 Å². The molecule has 0 heterocycles. The van der Waals surface area contributed by atoms with E-state index in [1.165, 1.54) is 12.1 Å². The number of halogens is 2. The van der Waals surface area contributed by atoms with Crippen molar-refractivity contribution in [2.75, 3.05) is 23.4 Å². The van der Waals surface area contributed by atoms with Crippen LogP contribution in [0.25, 0.3) is 0 Å². The van der Waals surface area contributed by atoms with E-state index in [0.717, 1.165) is 4.47 Å². The summed E-state index contributed by atoms with van der Waals surface area (Å²) in [7, 11) is 1.63. The normalized spacial score (nSPS) is 10.2. The number of carbonyl (C=O) groups excluding carboxylic acids is 1. The van der Waals surface area contributed by atoms with E-state index in [4.69, 9.17) is 5.73 Å². The third-order valence-corrected chi connectivity index (χ3v) is 3.28. The molecule has 0 fully saturated rings. The zero-order chi connectivity index (χ0) is 14.7. The Kier molecular flexibility index (Phi) is 4.24. The number of hydrogen-bond donors (Lipinski definition) is 3. The van der Waals surface area contributed by atoms with Crippen molar-refractivity contribution in [3.8, 4) is 0 Å². The number of nitrogen functional groups attached to an aromatic ring is 1. The van der Waals surface area contributed by atoms with Gasteiger partial charge in [0.25, 0.3) is 5.91 Å². The lowest BCUT2D eigenvalue weighted by molar-refractivity contribution is 0.102. The van der Waals surface area contributed by atoms with Crippen LogP contribution >= 0.6 is 15.9 Å². The number of carbonyl (C=O) groups is 1. The summed E-state index contributed by atoms with van der Waals surface area (Å²) in [5.41, 5.74) is 6.98. The summed E-state index contributed by atoms with van der Waals surface area (Å²) in [6.45, 7) is 0. The molecule has 0 spiro atoms. The highest BCUT2D eigenvalue weighted by Crippen LogP contribution is 2.23. The first-order valence-corrected chi connectivity index (χ1v) is 6.64. The van der Waals surface area contributed by atoms with E-state index < -0.39 is 11.7 Å². The summed E-state index contributed by atoms with van der Waals surface area (Å²) in [6.07, 6.45) is 0. The Morgan fingerprint density at radius 2 is 1.90 bits per heavy atom. The Bertz CT molecular complexity index is 644. The van der Waals surface area contributed by atoms with Gasteiger partial charge in [0.15, 0.2) is 0 Å². The molecule has 2 rings (SSSR count). The van der Waals surface area contributed by atoms with E-state index in [1.54, 1.807) is 31.3 Å². The highest BCUT2D eigenvalue weighted by molar-refractivity contribution is 9.10. The molecular formula is C14H13BrFN3O. The van der Waals surface area contributed by atoms with Crippen LogP contribution in [-0.4, -0.2) is 13.0 Å². The molecular weight excluding hydrogens is 325 g/mol. The fourth-order valence-electron chi connectivity index (χ4n) is 1.71. The number of rotatable bonds is 3. The highest BCUT2D eigenvalue weighted by Gasteiger charge is 2.14. The Balaban J connectivity index is 2.25. The van der Waals surface area contributed by atoms with Crippen molar-refractivity contribution >= 4 is 38.9 Å². The van der Waals surface area contributed by atoms with Crippen LogP contribution in [0.4, 0.5) is 21.5 Å². The molecule has 0 aliphatic carbocycles. The largest absolute Gasteiger partial charge is 0.397 e. The van der Waals surface area contributed by atoms with E-state index >= 15 is 0 Å². The third-order valence-electron chi connectivity index (χ3n) is 2.76. The van der Waals surface area contributed by atoms with Crippen molar-refractivity contribution in [3.63, 3.8) is 0 Å². The van der Waals surface area contributed by atoms with Crippen molar-refractivity contribution in [1.82, 2.24) is 0 Å². The van der Waals surface area contributed by atoms with E-state index in [0.29, 0.717) is 17.1 Å². The maximum atomic E-state index is 13.9. The lowest BCUT2D eigenvalue weighted by Gasteiger charge is -2.10. The van der Waals surface area contributed by atoms with Gasteiger partial charge in [-0.05, 0) is 36.4 Å². The fourth-order valence-corrected chi connectivity index (χ4v) is 1.98. The van der Waals surface area contributed by atoms with Gasteiger partial charge >= 0.3 is 0 Å². The van der Waals surface area contributed by atoms with Crippen LogP contribution in [0, 0.1) is 5.82 Å². The first-order valence-electron chi connectivity index (χ1n) is 5.85. The Hall–Kier alpha value is -2.08. The third kappa shape index (κ3) is 3.08. The molecule has 0 aromatic heterocycles. The molecule has 4 nitrogen and oxygen atoms in total. The minimum Gasteiger partial charge on any atom is -0.397 e. The van der Waals surface area contributed by atoms with E-state index in [-0.39, 0.29) is 5.56 Å². The van der Waals surface area contributed by atoms with E-state index in [9.17, 15) is 9.18 Å². The van der Waals surface area contributed by atoms with Crippen molar-refractivity contribution in [3.05, 3.63) is 52.3 Å². The zero-order valence-electron chi connectivity index (χ0n) is 10.7. The van der Waals surface area contributed by atoms with Crippen LogP contribution in [0.2, 0.25) is 0 Å². The van der Waals surface area contributed by atoms with Gasteiger partial charge in [0.2, 0.25) is 0 Å². The standard InChI is InChI=1S/C14H13BrFN3O/c1-18-13-7-11(16)10(6-12(13)17)14(20)19-9-4-2-8(15)3-5-9/h2-7,18H,17H2,1H3,(H,19,20). The molecule has 6 heteroatoms. The van der Waals surface area contributed by atoms with Crippen LogP contribution in [0.1, 0.15) is 10.4 Å². The van der Waals surface area contributed by atoms with Crippen molar-refractivity contribution in [2.45, 2.75) is 0 Å². The monoisotopic (exact) mass is 337 g/mol. The minimum absolute atomic E-state index is 0.0931.